The summed E-state index contributed by atoms with van der Waals surface area (Å²) in [5.41, 5.74) is 2.84. The van der Waals surface area contributed by atoms with Gasteiger partial charge in [0, 0.05) is 5.69 Å². The van der Waals surface area contributed by atoms with Crippen LogP contribution in [0, 0.1) is 11.3 Å². The van der Waals surface area contributed by atoms with E-state index < -0.39 is 0 Å². The van der Waals surface area contributed by atoms with E-state index in [1.54, 1.807) is 12.1 Å². The zero-order chi connectivity index (χ0) is 12.8. The minimum atomic E-state index is 0.166. The van der Waals surface area contributed by atoms with Crippen LogP contribution >= 0.6 is 0 Å². The van der Waals surface area contributed by atoms with Gasteiger partial charge in [-0.25, -0.2) is 0 Å². The third-order valence-corrected chi connectivity index (χ3v) is 2.52. The fourth-order valence-corrected chi connectivity index (χ4v) is 1.55. The second-order valence-electron chi connectivity index (χ2n) is 3.89. The first-order valence-corrected chi connectivity index (χ1v) is 5.61. The van der Waals surface area contributed by atoms with Crippen molar-refractivity contribution in [2.45, 2.75) is 13.0 Å². The quantitative estimate of drug-likeness (QED) is 0.860. The summed E-state index contributed by atoms with van der Waals surface area (Å²) in [6, 6.07) is 13.2. The molecule has 0 bridgehead atoms. The van der Waals surface area contributed by atoms with Crippen LogP contribution < -0.4 is 5.32 Å². The highest BCUT2D eigenvalue weighted by Crippen LogP contribution is 2.12. The topological polar surface area (TPSA) is 68.9 Å². The van der Waals surface area contributed by atoms with E-state index in [2.05, 4.69) is 16.4 Å². The Hall–Kier alpha value is -2.54. The standard InChI is InChI=1S/C14H13N3O/c15-8-7-11-1-3-12(4-2-11)16-9-13-5-6-14(18)10-17-13/h1-6,10,16,18H,7,9H2. The van der Waals surface area contributed by atoms with E-state index in [0.717, 1.165) is 16.9 Å². The first-order chi connectivity index (χ1) is 8.78. The fraction of sp³-hybridized carbons (Fsp3) is 0.143. The summed E-state index contributed by atoms with van der Waals surface area (Å²) in [5.74, 6) is 0.166. The number of hydrogen-bond donors (Lipinski definition) is 2. The van der Waals surface area contributed by atoms with Crippen molar-refractivity contribution in [1.82, 2.24) is 4.98 Å². The molecule has 2 N–H and O–H groups in total. The molecule has 0 unspecified atom stereocenters. The minimum Gasteiger partial charge on any atom is -0.506 e. The van der Waals surface area contributed by atoms with Gasteiger partial charge in [-0.05, 0) is 29.8 Å². The van der Waals surface area contributed by atoms with Crippen molar-refractivity contribution in [1.29, 1.82) is 5.26 Å². The highest BCUT2D eigenvalue weighted by molar-refractivity contribution is 5.45. The number of nitriles is 1. The predicted molar refractivity (Wildman–Crippen MR) is 69.0 cm³/mol. The second kappa shape index (κ2) is 5.69. The van der Waals surface area contributed by atoms with Crippen LogP contribution in [0.1, 0.15) is 11.3 Å². The molecule has 1 aromatic heterocycles. The van der Waals surface area contributed by atoms with E-state index >= 15 is 0 Å². The molecule has 4 nitrogen and oxygen atoms in total. The molecule has 1 heterocycles. The largest absolute Gasteiger partial charge is 0.506 e. The van der Waals surface area contributed by atoms with Gasteiger partial charge in [-0.1, -0.05) is 12.1 Å². The molecule has 0 saturated carbocycles. The third-order valence-electron chi connectivity index (χ3n) is 2.52. The summed E-state index contributed by atoms with van der Waals surface area (Å²) in [6.45, 7) is 0.595. The van der Waals surface area contributed by atoms with Crippen LogP contribution in [-0.4, -0.2) is 10.1 Å². The lowest BCUT2D eigenvalue weighted by atomic mass is 10.1. The number of pyridine rings is 1. The zero-order valence-corrected chi connectivity index (χ0v) is 9.80. The van der Waals surface area contributed by atoms with Crippen LogP contribution in [0.2, 0.25) is 0 Å². The number of nitrogens with zero attached hydrogens (tertiary/aromatic N) is 2. The van der Waals surface area contributed by atoms with E-state index in [1.165, 1.54) is 6.20 Å². The molecule has 0 aliphatic rings. The van der Waals surface area contributed by atoms with E-state index in [1.807, 2.05) is 24.3 Å². The maximum Gasteiger partial charge on any atom is 0.133 e. The Morgan fingerprint density at radius 2 is 1.94 bits per heavy atom. The van der Waals surface area contributed by atoms with Gasteiger partial charge < -0.3 is 10.4 Å². The van der Waals surface area contributed by atoms with Gasteiger partial charge in [0.25, 0.3) is 0 Å². The zero-order valence-electron chi connectivity index (χ0n) is 9.80. The van der Waals surface area contributed by atoms with Gasteiger partial charge in [0.2, 0.25) is 0 Å². The highest BCUT2D eigenvalue weighted by atomic mass is 16.3. The summed E-state index contributed by atoms with van der Waals surface area (Å²) in [7, 11) is 0. The van der Waals surface area contributed by atoms with E-state index in [9.17, 15) is 0 Å². The van der Waals surface area contributed by atoms with Gasteiger partial charge >= 0.3 is 0 Å². The molecule has 2 aromatic rings. The van der Waals surface area contributed by atoms with Gasteiger partial charge in [0.1, 0.15) is 5.75 Å². The van der Waals surface area contributed by atoms with Crippen molar-refractivity contribution >= 4 is 5.69 Å². The number of aromatic nitrogens is 1. The summed E-state index contributed by atoms with van der Waals surface area (Å²) >= 11 is 0. The number of nitrogens with one attached hydrogen (secondary N) is 1. The first kappa shape index (κ1) is 11.9. The maximum absolute atomic E-state index is 9.11. The lowest BCUT2D eigenvalue weighted by Crippen LogP contribution is -2.01. The molecule has 0 atom stereocenters. The Labute approximate surface area is 106 Å². The Balaban J connectivity index is 1.94. The molecule has 0 radical (unpaired) electrons. The Kier molecular flexibility index (Phi) is 3.77. The molecule has 0 saturated heterocycles. The smallest absolute Gasteiger partial charge is 0.133 e. The summed E-state index contributed by atoms with van der Waals surface area (Å²) in [4.78, 5) is 4.08. The number of anilines is 1. The molecular weight excluding hydrogens is 226 g/mol. The second-order valence-corrected chi connectivity index (χ2v) is 3.89. The number of aromatic hydroxyl groups is 1. The van der Waals surface area contributed by atoms with Crippen LogP contribution in [0.3, 0.4) is 0 Å². The van der Waals surface area contributed by atoms with Crippen molar-refractivity contribution in [2.75, 3.05) is 5.32 Å². The van der Waals surface area contributed by atoms with Crippen molar-refractivity contribution in [2.24, 2.45) is 0 Å². The Morgan fingerprint density at radius 3 is 2.56 bits per heavy atom. The monoisotopic (exact) mass is 239 g/mol. The van der Waals surface area contributed by atoms with Gasteiger partial charge in [0.15, 0.2) is 0 Å². The van der Waals surface area contributed by atoms with Crippen molar-refractivity contribution in [3.63, 3.8) is 0 Å². The molecule has 1 aromatic carbocycles. The van der Waals surface area contributed by atoms with Gasteiger partial charge in [-0.2, -0.15) is 5.26 Å². The third kappa shape index (κ3) is 3.22. The maximum atomic E-state index is 9.11. The van der Waals surface area contributed by atoms with E-state index in [0.29, 0.717) is 13.0 Å². The molecule has 0 fully saturated rings. The van der Waals surface area contributed by atoms with Crippen LogP contribution in [0.4, 0.5) is 5.69 Å². The molecule has 0 spiro atoms. The van der Waals surface area contributed by atoms with Gasteiger partial charge in [-0.3, -0.25) is 4.98 Å². The number of hydrogen-bond acceptors (Lipinski definition) is 4. The number of rotatable bonds is 4. The van der Waals surface area contributed by atoms with Crippen LogP contribution in [0.5, 0.6) is 5.75 Å². The average molecular weight is 239 g/mol. The minimum absolute atomic E-state index is 0.166. The van der Waals surface area contributed by atoms with Gasteiger partial charge in [0.05, 0.1) is 30.9 Å². The lowest BCUT2D eigenvalue weighted by Gasteiger charge is -2.06. The Bertz CT molecular complexity index is 541. The summed E-state index contributed by atoms with van der Waals surface area (Å²) in [6.07, 6.45) is 1.85. The highest BCUT2D eigenvalue weighted by Gasteiger charge is 1.97. The van der Waals surface area contributed by atoms with Crippen molar-refractivity contribution in [3.8, 4) is 11.8 Å². The SMILES string of the molecule is N#CCc1ccc(NCc2ccc(O)cn2)cc1. The van der Waals surface area contributed by atoms with Crippen LogP contribution in [-0.2, 0) is 13.0 Å². The molecule has 18 heavy (non-hydrogen) atoms. The normalized spacial score (nSPS) is 9.72. The van der Waals surface area contributed by atoms with Gasteiger partial charge in [-0.15, -0.1) is 0 Å². The first-order valence-electron chi connectivity index (χ1n) is 5.61. The van der Waals surface area contributed by atoms with Crippen LogP contribution in [0.25, 0.3) is 0 Å². The molecule has 0 aliphatic carbocycles. The molecule has 0 amide bonds. The van der Waals surface area contributed by atoms with Crippen molar-refractivity contribution < 1.29 is 5.11 Å². The molecule has 4 heteroatoms. The predicted octanol–water partition coefficient (Wildman–Crippen LogP) is 2.47. The molecule has 90 valence electrons. The Morgan fingerprint density at radius 1 is 1.17 bits per heavy atom. The lowest BCUT2D eigenvalue weighted by molar-refractivity contribution is 0.472. The fourth-order valence-electron chi connectivity index (χ4n) is 1.55. The molecular formula is C14H13N3O. The van der Waals surface area contributed by atoms with E-state index in [4.69, 9.17) is 10.4 Å². The summed E-state index contributed by atoms with van der Waals surface area (Å²) < 4.78 is 0. The average Bonchev–Trinajstić information content (AvgIpc) is 2.40. The van der Waals surface area contributed by atoms with Crippen molar-refractivity contribution in [3.05, 3.63) is 53.9 Å². The molecule has 2 rings (SSSR count). The number of benzene rings is 1. The van der Waals surface area contributed by atoms with E-state index in [-0.39, 0.29) is 5.75 Å². The molecule has 0 aliphatic heterocycles. The van der Waals surface area contributed by atoms with Crippen LogP contribution in [0.15, 0.2) is 42.6 Å². The summed E-state index contributed by atoms with van der Waals surface area (Å²) in [5, 5.41) is 20.9.